The van der Waals surface area contributed by atoms with Gasteiger partial charge in [-0.3, -0.25) is 4.79 Å². The number of amides is 1. The van der Waals surface area contributed by atoms with Crippen LogP contribution in [0.1, 0.15) is 23.6 Å². The number of hydrogen-bond donors (Lipinski definition) is 2. The van der Waals surface area contributed by atoms with Gasteiger partial charge in [-0.05, 0) is 24.1 Å². The second-order valence-corrected chi connectivity index (χ2v) is 3.51. The van der Waals surface area contributed by atoms with E-state index in [-0.39, 0.29) is 12.5 Å². The van der Waals surface area contributed by atoms with Crippen LogP contribution in [0.25, 0.3) is 0 Å². The zero-order chi connectivity index (χ0) is 11.4. The average molecular weight is 208 g/mol. The topological polar surface area (TPSA) is 78.3 Å². The number of ether oxygens (including phenoxy) is 1. The molecule has 0 aromatic heterocycles. The maximum atomic E-state index is 10.7. The zero-order valence-electron chi connectivity index (χ0n) is 8.99. The molecule has 1 aromatic carbocycles. The Hall–Kier alpha value is -1.55. The van der Waals surface area contributed by atoms with E-state index < -0.39 is 5.91 Å². The molecule has 1 rings (SSSR count). The second-order valence-electron chi connectivity index (χ2n) is 3.51. The molecule has 4 N–H and O–H groups in total. The largest absolute Gasteiger partial charge is 0.496 e. The van der Waals surface area contributed by atoms with Crippen LogP contribution in [0.15, 0.2) is 18.2 Å². The van der Waals surface area contributed by atoms with Crippen LogP contribution in [0.4, 0.5) is 0 Å². The third-order valence-corrected chi connectivity index (χ3v) is 2.27. The summed E-state index contributed by atoms with van der Waals surface area (Å²) in [4.78, 5) is 10.7. The van der Waals surface area contributed by atoms with Crippen molar-refractivity contribution in [2.75, 3.05) is 7.11 Å². The first-order chi connectivity index (χ1) is 7.04. The number of carbonyl (C=O) groups excluding carboxylic acids is 1. The Kier molecular flexibility index (Phi) is 3.68. The van der Waals surface area contributed by atoms with Crippen LogP contribution >= 0.6 is 0 Å². The van der Waals surface area contributed by atoms with Crippen molar-refractivity contribution >= 4 is 5.91 Å². The Bertz CT molecular complexity index is 364. The van der Waals surface area contributed by atoms with Gasteiger partial charge in [-0.1, -0.05) is 12.1 Å². The molecule has 0 aliphatic heterocycles. The van der Waals surface area contributed by atoms with Crippen LogP contribution < -0.4 is 16.2 Å². The normalized spacial score (nSPS) is 12.2. The number of carbonyl (C=O) groups is 1. The van der Waals surface area contributed by atoms with Crippen LogP contribution in [0, 0.1) is 6.92 Å². The summed E-state index contributed by atoms with van der Waals surface area (Å²) in [7, 11) is 1.62. The van der Waals surface area contributed by atoms with Crippen molar-refractivity contribution in [2.45, 2.75) is 19.4 Å². The number of aryl methyl sites for hydroxylation is 1. The smallest absolute Gasteiger partial charge is 0.219 e. The summed E-state index contributed by atoms with van der Waals surface area (Å²) >= 11 is 0. The molecule has 0 heterocycles. The van der Waals surface area contributed by atoms with Gasteiger partial charge < -0.3 is 16.2 Å². The number of hydrogen-bond acceptors (Lipinski definition) is 3. The fourth-order valence-electron chi connectivity index (χ4n) is 1.47. The van der Waals surface area contributed by atoms with Crippen molar-refractivity contribution in [3.8, 4) is 5.75 Å². The maximum absolute atomic E-state index is 10.7. The predicted octanol–water partition coefficient (Wildman–Crippen LogP) is 0.879. The minimum Gasteiger partial charge on any atom is -0.496 e. The molecule has 1 aromatic rings. The van der Waals surface area contributed by atoms with E-state index in [1.54, 1.807) is 7.11 Å². The summed E-state index contributed by atoms with van der Waals surface area (Å²) < 4.78 is 5.13. The van der Waals surface area contributed by atoms with E-state index in [1.165, 1.54) is 0 Å². The summed E-state index contributed by atoms with van der Waals surface area (Å²) in [5, 5.41) is 0. The van der Waals surface area contributed by atoms with Crippen LogP contribution in [-0.2, 0) is 4.79 Å². The SMILES string of the molecule is COc1ccc(C(N)CC(N)=O)cc1C. The third-order valence-electron chi connectivity index (χ3n) is 2.27. The van der Waals surface area contributed by atoms with E-state index in [0.29, 0.717) is 0 Å². The molecule has 82 valence electrons. The standard InChI is InChI=1S/C11H16N2O2/c1-7-5-8(3-4-10(7)15-2)9(12)6-11(13)14/h3-5,9H,6,12H2,1-2H3,(H2,13,14). The molecule has 0 fully saturated rings. The van der Waals surface area contributed by atoms with Gasteiger partial charge in [0.2, 0.25) is 5.91 Å². The highest BCUT2D eigenvalue weighted by atomic mass is 16.5. The Morgan fingerprint density at radius 3 is 2.67 bits per heavy atom. The molecule has 0 saturated heterocycles. The minimum absolute atomic E-state index is 0.159. The van der Waals surface area contributed by atoms with Crippen molar-refractivity contribution < 1.29 is 9.53 Å². The van der Waals surface area contributed by atoms with Gasteiger partial charge in [0.15, 0.2) is 0 Å². The first-order valence-electron chi connectivity index (χ1n) is 4.73. The van der Waals surface area contributed by atoms with Gasteiger partial charge in [-0.15, -0.1) is 0 Å². The number of benzene rings is 1. The minimum atomic E-state index is -0.393. The molecular weight excluding hydrogens is 192 g/mol. The summed E-state index contributed by atoms with van der Waals surface area (Å²) in [6.07, 6.45) is 0.159. The fraction of sp³-hybridized carbons (Fsp3) is 0.364. The lowest BCUT2D eigenvalue weighted by atomic mass is 10.0. The van der Waals surface area contributed by atoms with Gasteiger partial charge >= 0.3 is 0 Å². The molecule has 0 aliphatic rings. The Balaban J connectivity index is 2.87. The second kappa shape index (κ2) is 4.79. The predicted molar refractivity (Wildman–Crippen MR) is 58.5 cm³/mol. The van der Waals surface area contributed by atoms with Gasteiger partial charge in [0.05, 0.1) is 7.11 Å². The monoisotopic (exact) mass is 208 g/mol. The quantitative estimate of drug-likeness (QED) is 0.771. The maximum Gasteiger partial charge on any atom is 0.219 e. The van der Waals surface area contributed by atoms with Crippen LogP contribution in [0.2, 0.25) is 0 Å². The van der Waals surface area contributed by atoms with Crippen LogP contribution in [-0.4, -0.2) is 13.0 Å². The highest BCUT2D eigenvalue weighted by Gasteiger charge is 2.10. The molecule has 15 heavy (non-hydrogen) atoms. The fourth-order valence-corrected chi connectivity index (χ4v) is 1.47. The van der Waals surface area contributed by atoms with Crippen molar-refractivity contribution in [1.82, 2.24) is 0 Å². The van der Waals surface area contributed by atoms with Crippen molar-refractivity contribution in [3.63, 3.8) is 0 Å². The van der Waals surface area contributed by atoms with Crippen molar-refractivity contribution in [3.05, 3.63) is 29.3 Å². The van der Waals surface area contributed by atoms with Crippen LogP contribution in [0.3, 0.4) is 0 Å². The lowest BCUT2D eigenvalue weighted by molar-refractivity contribution is -0.118. The zero-order valence-corrected chi connectivity index (χ0v) is 8.99. The summed E-state index contributed by atoms with van der Waals surface area (Å²) in [6.45, 7) is 1.93. The van der Waals surface area contributed by atoms with E-state index >= 15 is 0 Å². The highest BCUT2D eigenvalue weighted by Crippen LogP contribution is 2.22. The van der Waals surface area contributed by atoms with E-state index in [9.17, 15) is 4.79 Å². The Labute approximate surface area is 89.2 Å². The molecule has 0 radical (unpaired) electrons. The van der Waals surface area contributed by atoms with Gasteiger partial charge in [-0.2, -0.15) is 0 Å². The summed E-state index contributed by atoms with van der Waals surface area (Å²) in [6, 6.07) is 5.25. The number of rotatable bonds is 4. The van der Waals surface area contributed by atoms with Crippen molar-refractivity contribution in [2.24, 2.45) is 11.5 Å². The molecule has 1 amide bonds. The number of methoxy groups -OCH3 is 1. The molecule has 1 unspecified atom stereocenters. The Morgan fingerprint density at radius 2 is 2.20 bits per heavy atom. The molecular formula is C11H16N2O2. The van der Waals surface area contributed by atoms with Crippen molar-refractivity contribution in [1.29, 1.82) is 0 Å². The first-order valence-corrected chi connectivity index (χ1v) is 4.73. The van der Waals surface area contributed by atoms with Crippen LogP contribution in [0.5, 0.6) is 5.75 Å². The molecule has 4 nitrogen and oxygen atoms in total. The van der Waals surface area contributed by atoms with Gasteiger partial charge in [0.1, 0.15) is 5.75 Å². The molecule has 1 atom stereocenters. The summed E-state index contributed by atoms with van der Waals surface area (Å²) in [5.41, 5.74) is 12.8. The van der Waals surface area contributed by atoms with E-state index in [4.69, 9.17) is 16.2 Å². The third kappa shape index (κ3) is 2.95. The molecule has 4 heteroatoms. The molecule has 0 bridgehead atoms. The molecule has 0 aliphatic carbocycles. The highest BCUT2D eigenvalue weighted by molar-refractivity contribution is 5.74. The number of primary amides is 1. The molecule has 0 saturated carbocycles. The van der Waals surface area contributed by atoms with E-state index in [0.717, 1.165) is 16.9 Å². The van der Waals surface area contributed by atoms with Gasteiger partial charge in [-0.25, -0.2) is 0 Å². The summed E-state index contributed by atoms with van der Waals surface area (Å²) in [5.74, 6) is 0.418. The van der Waals surface area contributed by atoms with E-state index in [1.807, 2.05) is 25.1 Å². The lowest BCUT2D eigenvalue weighted by Crippen LogP contribution is -2.20. The Morgan fingerprint density at radius 1 is 1.53 bits per heavy atom. The lowest BCUT2D eigenvalue weighted by Gasteiger charge is -2.12. The first kappa shape index (κ1) is 11.5. The molecule has 0 spiro atoms. The van der Waals surface area contributed by atoms with E-state index in [2.05, 4.69) is 0 Å². The average Bonchev–Trinajstić information content (AvgIpc) is 2.16. The number of nitrogens with two attached hydrogens (primary N) is 2. The van der Waals surface area contributed by atoms with Gasteiger partial charge in [0, 0.05) is 12.5 Å². The van der Waals surface area contributed by atoms with Gasteiger partial charge in [0.25, 0.3) is 0 Å².